The molecule has 0 saturated heterocycles. The molecule has 0 saturated carbocycles. The van der Waals surface area contributed by atoms with Crippen LogP contribution >= 0.6 is 15.9 Å². The van der Waals surface area contributed by atoms with Crippen molar-refractivity contribution in [2.24, 2.45) is 0 Å². The Morgan fingerprint density at radius 3 is 2.75 bits per heavy atom. The Kier molecular flexibility index (Phi) is 2.01. The number of halogens is 1. The van der Waals surface area contributed by atoms with Crippen LogP contribution in [0.25, 0.3) is 0 Å². The fourth-order valence-corrected chi connectivity index (χ4v) is 1.94. The van der Waals surface area contributed by atoms with Crippen LogP contribution < -0.4 is 0 Å². The van der Waals surface area contributed by atoms with E-state index < -0.39 is 0 Å². The van der Waals surface area contributed by atoms with Crippen molar-refractivity contribution in [3.05, 3.63) is 34.9 Å². The second-order valence-corrected chi connectivity index (χ2v) is 3.83. The van der Waals surface area contributed by atoms with E-state index in [4.69, 9.17) is 0 Å². The maximum Gasteiger partial charge on any atom is 0.228 e. The number of hydrogen-bond donors (Lipinski definition) is 0. The third-order valence-corrected chi connectivity index (χ3v) is 2.78. The van der Waals surface area contributed by atoms with Crippen LogP contribution in [0, 0.1) is 0 Å². The summed E-state index contributed by atoms with van der Waals surface area (Å²) in [5, 5.41) is 0. The number of rotatable bonds is 1. The van der Waals surface area contributed by atoms with Crippen LogP contribution in [0.4, 0.5) is 0 Å². The summed E-state index contributed by atoms with van der Waals surface area (Å²) >= 11 is 2.95. The quantitative estimate of drug-likeness (QED) is 0.671. The van der Waals surface area contributed by atoms with Gasteiger partial charge in [0.1, 0.15) is 0 Å². The summed E-state index contributed by atoms with van der Waals surface area (Å²) in [5.74, 6) is 0. The minimum atomic E-state index is -0.0165. The molecule has 0 atom stereocenters. The third-order valence-electron chi connectivity index (χ3n) is 2.33. The van der Waals surface area contributed by atoms with Gasteiger partial charge in [0.25, 0.3) is 0 Å². The van der Waals surface area contributed by atoms with Crippen molar-refractivity contribution < 1.29 is 4.79 Å². The van der Waals surface area contributed by atoms with Gasteiger partial charge in [0.2, 0.25) is 4.69 Å². The Balaban J connectivity index is 2.45. The van der Waals surface area contributed by atoms with Gasteiger partial charge >= 0.3 is 0 Å². The van der Waals surface area contributed by atoms with E-state index >= 15 is 0 Å². The predicted octanol–water partition coefficient (Wildman–Crippen LogP) is 2.71. The van der Waals surface area contributed by atoms with E-state index in [1.807, 2.05) is 12.1 Å². The molecule has 0 aromatic heterocycles. The highest BCUT2D eigenvalue weighted by atomic mass is 79.9. The van der Waals surface area contributed by atoms with Gasteiger partial charge in [-0.1, -0.05) is 12.1 Å². The van der Waals surface area contributed by atoms with Crippen LogP contribution in [0.5, 0.6) is 0 Å². The summed E-state index contributed by atoms with van der Waals surface area (Å²) in [4.78, 5) is 11.0. The summed E-state index contributed by atoms with van der Waals surface area (Å²) in [5.41, 5.74) is 3.53. The van der Waals surface area contributed by atoms with Gasteiger partial charge in [0.05, 0.1) is 0 Å². The molecule has 0 bridgehead atoms. The molecule has 1 aromatic carbocycles. The zero-order valence-corrected chi connectivity index (χ0v) is 8.23. The average Bonchev–Trinajstić information content (AvgIpc) is 2.49. The Labute approximate surface area is 79.9 Å². The van der Waals surface area contributed by atoms with Crippen molar-refractivity contribution in [1.82, 2.24) is 0 Å². The number of fused-ring (bicyclic) bond motifs is 1. The zero-order chi connectivity index (χ0) is 8.55. The molecule has 0 amide bonds. The average molecular weight is 225 g/mol. The number of carbonyl (C=O) groups is 1. The lowest BCUT2D eigenvalue weighted by atomic mass is 10.1. The molecule has 1 nitrogen and oxygen atoms in total. The minimum Gasteiger partial charge on any atom is -0.281 e. The first-order chi connectivity index (χ1) is 5.77. The molecule has 0 radical (unpaired) electrons. The normalized spacial score (nSPS) is 14.4. The second-order valence-electron chi connectivity index (χ2n) is 3.11. The highest BCUT2D eigenvalue weighted by Crippen LogP contribution is 2.23. The van der Waals surface area contributed by atoms with E-state index in [2.05, 4.69) is 22.0 Å². The molecule has 1 aliphatic rings. The van der Waals surface area contributed by atoms with Crippen molar-refractivity contribution in [3.63, 3.8) is 0 Å². The van der Waals surface area contributed by atoms with Gasteiger partial charge in [-0.05, 0) is 52.4 Å². The van der Waals surface area contributed by atoms with Crippen molar-refractivity contribution in [2.45, 2.75) is 19.3 Å². The summed E-state index contributed by atoms with van der Waals surface area (Å²) in [6.45, 7) is 0. The summed E-state index contributed by atoms with van der Waals surface area (Å²) in [6.07, 6.45) is 3.53. The second kappa shape index (κ2) is 3.02. The van der Waals surface area contributed by atoms with Crippen molar-refractivity contribution in [2.75, 3.05) is 0 Å². The Hall–Kier alpha value is -0.630. The highest BCUT2D eigenvalue weighted by molar-refractivity contribution is 9.18. The van der Waals surface area contributed by atoms with Gasteiger partial charge in [-0.25, -0.2) is 0 Å². The Bertz CT molecular complexity index is 331. The molecule has 0 fully saturated rings. The maximum absolute atomic E-state index is 11.0. The molecule has 62 valence electrons. The molecule has 1 aromatic rings. The first-order valence-electron chi connectivity index (χ1n) is 4.09. The largest absolute Gasteiger partial charge is 0.281 e. The molecule has 12 heavy (non-hydrogen) atoms. The smallest absolute Gasteiger partial charge is 0.228 e. The predicted molar refractivity (Wildman–Crippen MR) is 51.7 cm³/mol. The topological polar surface area (TPSA) is 17.1 Å². The van der Waals surface area contributed by atoms with E-state index in [-0.39, 0.29) is 4.69 Å². The van der Waals surface area contributed by atoms with Crippen LogP contribution in [-0.4, -0.2) is 4.69 Å². The van der Waals surface area contributed by atoms with Crippen LogP contribution in [-0.2, 0) is 12.8 Å². The first kappa shape index (κ1) is 7.99. The molecule has 2 rings (SSSR count). The third kappa shape index (κ3) is 1.31. The number of benzene rings is 1. The first-order valence-corrected chi connectivity index (χ1v) is 4.88. The van der Waals surface area contributed by atoms with Crippen LogP contribution in [0.1, 0.15) is 27.9 Å². The van der Waals surface area contributed by atoms with Gasteiger partial charge in [-0.15, -0.1) is 0 Å². The van der Waals surface area contributed by atoms with E-state index in [0.29, 0.717) is 0 Å². The van der Waals surface area contributed by atoms with Crippen LogP contribution in [0.15, 0.2) is 18.2 Å². The standard InChI is InChI=1S/C10H9BrO/c11-10(12)9-5-4-7-2-1-3-8(7)6-9/h4-6H,1-3H2. The van der Waals surface area contributed by atoms with E-state index in [1.54, 1.807) is 0 Å². The summed E-state index contributed by atoms with van der Waals surface area (Å²) in [7, 11) is 0. The Morgan fingerprint density at radius 1 is 1.25 bits per heavy atom. The molecule has 0 spiro atoms. The SMILES string of the molecule is O=C(Br)c1ccc2c(c1)CCC2. The van der Waals surface area contributed by atoms with Crippen molar-refractivity contribution in [1.29, 1.82) is 0 Å². The molecular weight excluding hydrogens is 216 g/mol. The lowest BCUT2D eigenvalue weighted by Gasteiger charge is -1.99. The van der Waals surface area contributed by atoms with E-state index in [1.165, 1.54) is 24.0 Å². The molecule has 0 unspecified atom stereocenters. The monoisotopic (exact) mass is 224 g/mol. The molecule has 0 heterocycles. The minimum absolute atomic E-state index is 0.0165. The zero-order valence-electron chi connectivity index (χ0n) is 6.64. The fourth-order valence-electron chi connectivity index (χ4n) is 1.69. The summed E-state index contributed by atoms with van der Waals surface area (Å²) < 4.78 is -0.0165. The highest BCUT2D eigenvalue weighted by Gasteiger charge is 2.12. The van der Waals surface area contributed by atoms with Gasteiger partial charge in [0, 0.05) is 5.56 Å². The number of hydrogen-bond acceptors (Lipinski definition) is 1. The lowest BCUT2D eigenvalue weighted by Crippen LogP contribution is -1.90. The molecule has 2 heteroatoms. The van der Waals surface area contributed by atoms with E-state index in [0.717, 1.165) is 12.0 Å². The molecule has 1 aliphatic carbocycles. The maximum atomic E-state index is 11.0. The molecule has 0 N–H and O–H groups in total. The summed E-state index contributed by atoms with van der Waals surface area (Å²) in [6, 6.07) is 5.96. The number of carbonyl (C=O) groups excluding carboxylic acids is 1. The van der Waals surface area contributed by atoms with Gasteiger partial charge < -0.3 is 0 Å². The molecular formula is C10H9BrO. The fraction of sp³-hybridized carbons (Fsp3) is 0.300. The van der Waals surface area contributed by atoms with E-state index in [9.17, 15) is 4.79 Å². The van der Waals surface area contributed by atoms with Gasteiger partial charge in [-0.2, -0.15) is 0 Å². The van der Waals surface area contributed by atoms with Crippen LogP contribution in [0.3, 0.4) is 0 Å². The number of aryl methyl sites for hydroxylation is 2. The van der Waals surface area contributed by atoms with Crippen LogP contribution in [0.2, 0.25) is 0 Å². The van der Waals surface area contributed by atoms with Crippen molar-refractivity contribution >= 4 is 20.6 Å². The Morgan fingerprint density at radius 2 is 2.00 bits per heavy atom. The lowest BCUT2D eigenvalue weighted by molar-refractivity contribution is 0.109. The van der Waals surface area contributed by atoms with Crippen molar-refractivity contribution in [3.8, 4) is 0 Å². The molecule has 0 aliphatic heterocycles. The van der Waals surface area contributed by atoms with Gasteiger partial charge in [-0.3, -0.25) is 4.79 Å². The van der Waals surface area contributed by atoms with Gasteiger partial charge in [0.15, 0.2) is 0 Å².